The third kappa shape index (κ3) is 1.87. The molecule has 0 aliphatic rings. The SMILES string of the molecule is COc1nc(-n2cc(Cl)cn2)ccc1N. The molecule has 2 N–H and O–H groups in total. The summed E-state index contributed by atoms with van der Waals surface area (Å²) in [5, 5.41) is 4.57. The van der Waals surface area contributed by atoms with Gasteiger partial charge in [-0.05, 0) is 12.1 Å². The second-order valence-electron chi connectivity index (χ2n) is 2.87. The summed E-state index contributed by atoms with van der Waals surface area (Å²) in [6.07, 6.45) is 3.19. The Morgan fingerprint density at radius 2 is 2.27 bits per heavy atom. The number of hydrogen-bond acceptors (Lipinski definition) is 4. The van der Waals surface area contributed by atoms with Gasteiger partial charge in [0, 0.05) is 0 Å². The van der Waals surface area contributed by atoms with Crippen LogP contribution in [0.4, 0.5) is 5.69 Å². The van der Waals surface area contributed by atoms with Crippen molar-refractivity contribution in [1.82, 2.24) is 14.8 Å². The molecule has 5 nitrogen and oxygen atoms in total. The zero-order chi connectivity index (χ0) is 10.8. The summed E-state index contributed by atoms with van der Waals surface area (Å²) in [5.74, 6) is 0.979. The fourth-order valence-electron chi connectivity index (χ4n) is 1.16. The molecule has 0 aliphatic carbocycles. The predicted octanol–water partition coefficient (Wildman–Crippen LogP) is 1.51. The van der Waals surface area contributed by atoms with Crippen molar-refractivity contribution in [2.75, 3.05) is 12.8 Å². The van der Waals surface area contributed by atoms with Gasteiger partial charge in [-0.3, -0.25) is 0 Å². The molecule has 2 aromatic rings. The maximum atomic E-state index is 5.75. The molecule has 2 rings (SSSR count). The number of nitrogens with zero attached hydrogens (tertiary/aromatic N) is 3. The van der Waals surface area contributed by atoms with Crippen molar-refractivity contribution < 1.29 is 4.74 Å². The molecule has 2 heterocycles. The number of halogens is 1. The van der Waals surface area contributed by atoms with E-state index in [1.165, 1.54) is 13.3 Å². The Balaban J connectivity index is 2.45. The van der Waals surface area contributed by atoms with Crippen LogP contribution >= 0.6 is 11.6 Å². The fraction of sp³-hybridized carbons (Fsp3) is 0.111. The molecule has 15 heavy (non-hydrogen) atoms. The highest BCUT2D eigenvalue weighted by molar-refractivity contribution is 6.30. The van der Waals surface area contributed by atoms with E-state index in [-0.39, 0.29) is 0 Å². The molecule has 0 aromatic carbocycles. The number of ether oxygens (including phenoxy) is 1. The van der Waals surface area contributed by atoms with Gasteiger partial charge in [0.25, 0.3) is 0 Å². The summed E-state index contributed by atoms with van der Waals surface area (Å²) in [4.78, 5) is 4.17. The lowest BCUT2D eigenvalue weighted by Crippen LogP contribution is -2.01. The molecule has 0 unspecified atom stereocenters. The first-order chi connectivity index (χ1) is 7.20. The second-order valence-corrected chi connectivity index (χ2v) is 3.31. The number of methoxy groups -OCH3 is 1. The average Bonchev–Trinajstić information content (AvgIpc) is 2.66. The Kier molecular flexibility index (Phi) is 2.47. The lowest BCUT2D eigenvalue weighted by atomic mass is 10.4. The minimum atomic E-state index is 0.374. The normalized spacial score (nSPS) is 10.3. The standard InChI is InChI=1S/C9H9ClN4O/c1-15-9-7(11)2-3-8(13-9)14-5-6(10)4-12-14/h2-5H,11H2,1H3. The topological polar surface area (TPSA) is 66.0 Å². The minimum absolute atomic E-state index is 0.374. The molecule has 0 aliphatic heterocycles. The molecule has 0 saturated heterocycles. The van der Waals surface area contributed by atoms with Crippen molar-refractivity contribution in [3.63, 3.8) is 0 Å². The number of pyridine rings is 1. The van der Waals surface area contributed by atoms with Gasteiger partial charge in [-0.2, -0.15) is 10.1 Å². The van der Waals surface area contributed by atoms with Crippen LogP contribution in [0.5, 0.6) is 5.88 Å². The summed E-state index contributed by atoms with van der Waals surface area (Å²) in [6, 6.07) is 3.44. The van der Waals surface area contributed by atoms with Crippen LogP contribution in [0.1, 0.15) is 0 Å². The van der Waals surface area contributed by atoms with Crippen LogP contribution in [0, 0.1) is 0 Å². The van der Waals surface area contributed by atoms with Gasteiger partial charge in [0.05, 0.1) is 30.2 Å². The maximum Gasteiger partial charge on any atom is 0.238 e. The quantitative estimate of drug-likeness (QED) is 0.840. The lowest BCUT2D eigenvalue weighted by Gasteiger charge is -2.05. The highest BCUT2D eigenvalue weighted by Gasteiger charge is 2.05. The summed E-state index contributed by atoms with van der Waals surface area (Å²) in [6.45, 7) is 0. The van der Waals surface area contributed by atoms with Gasteiger partial charge in [-0.25, -0.2) is 4.68 Å². The van der Waals surface area contributed by atoms with Gasteiger partial charge in [-0.1, -0.05) is 11.6 Å². The van der Waals surface area contributed by atoms with Gasteiger partial charge in [0.15, 0.2) is 5.82 Å². The highest BCUT2D eigenvalue weighted by Crippen LogP contribution is 2.20. The molecule has 0 radical (unpaired) electrons. The van der Waals surface area contributed by atoms with Crippen molar-refractivity contribution in [1.29, 1.82) is 0 Å². The monoisotopic (exact) mass is 224 g/mol. The van der Waals surface area contributed by atoms with E-state index >= 15 is 0 Å². The molecule has 6 heteroatoms. The van der Waals surface area contributed by atoms with Crippen LogP contribution in [0.25, 0.3) is 5.82 Å². The van der Waals surface area contributed by atoms with E-state index in [1.54, 1.807) is 23.0 Å². The third-order valence-electron chi connectivity index (χ3n) is 1.85. The summed E-state index contributed by atoms with van der Waals surface area (Å²) < 4.78 is 6.55. The van der Waals surface area contributed by atoms with Crippen LogP contribution in [0.15, 0.2) is 24.5 Å². The van der Waals surface area contributed by atoms with E-state index in [0.29, 0.717) is 22.4 Å². The van der Waals surface area contributed by atoms with Crippen molar-refractivity contribution in [2.45, 2.75) is 0 Å². The second kappa shape index (κ2) is 3.78. The van der Waals surface area contributed by atoms with Crippen molar-refractivity contribution in [2.24, 2.45) is 0 Å². The predicted molar refractivity (Wildman–Crippen MR) is 57.3 cm³/mol. The molecular formula is C9H9ClN4O. The van der Waals surface area contributed by atoms with E-state index in [0.717, 1.165) is 0 Å². The molecule has 2 aromatic heterocycles. The number of nitrogen functional groups attached to an aromatic ring is 1. The molecule has 0 amide bonds. The van der Waals surface area contributed by atoms with Crippen molar-refractivity contribution in [3.05, 3.63) is 29.5 Å². The van der Waals surface area contributed by atoms with Crippen LogP contribution in [0.3, 0.4) is 0 Å². The zero-order valence-electron chi connectivity index (χ0n) is 8.01. The fourth-order valence-corrected chi connectivity index (χ4v) is 1.29. The largest absolute Gasteiger partial charge is 0.479 e. The first-order valence-electron chi connectivity index (χ1n) is 4.22. The maximum absolute atomic E-state index is 5.75. The van der Waals surface area contributed by atoms with Gasteiger partial charge >= 0.3 is 0 Å². The van der Waals surface area contributed by atoms with E-state index in [1.807, 2.05) is 0 Å². The summed E-state index contributed by atoms with van der Waals surface area (Å²) in [5.41, 5.74) is 6.13. The number of aromatic nitrogens is 3. The molecule has 0 bridgehead atoms. The van der Waals surface area contributed by atoms with Gasteiger partial charge < -0.3 is 10.5 Å². The Bertz CT molecular complexity index is 483. The van der Waals surface area contributed by atoms with Crippen LogP contribution in [-0.2, 0) is 0 Å². The molecule has 0 saturated carbocycles. The molecule has 0 atom stereocenters. The van der Waals surface area contributed by atoms with Crippen LogP contribution in [-0.4, -0.2) is 21.9 Å². The minimum Gasteiger partial charge on any atom is -0.479 e. The van der Waals surface area contributed by atoms with Gasteiger partial charge in [-0.15, -0.1) is 0 Å². The third-order valence-corrected chi connectivity index (χ3v) is 2.05. The Morgan fingerprint density at radius 3 is 2.87 bits per heavy atom. The lowest BCUT2D eigenvalue weighted by molar-refractivity contribution is 0.399. The van der Waals surface area contributed by atoms with Crippen molar-refractivity contribution >= 4 is 17.3 Å². The van der Waals surface area contributed by atoms with E-state index in [2.05, 4.69) is 10.1 Å². The Hall–Kier alpha value is -1.75. The zero-order valence-corrected chi connectivity index (χ0v) is 8.77. The van der Waals surface area contributed by atoms with E-state index < -0.39 is 0 Å². The molecular weight excluding hydrogens is 216 g/mol. The number of hydrogen-bond donors (Lipinski definition) is 1. The summed E-state index contributed by atoms with van der Waals surface area (Å²) in [7, 11) is 1.51. The molecule has 0 spiro atoms. The first kappa shape index (κ1) is 9.79. The number of nitrogens with two attached hydrogens (primary N) is 1. The molecule has 0 fully saturated rings. The summed E-state index contributed by atoms with van der Waals surface area (Å²) >= 11 is 5.75. The van der Waals surface area contributed by atoms with E-state index in [9.17, 15) is 0 Å². The average molecular weight is 225 g/mol. The Morgan fingerprint density at radius 1 is 1.47 bits per heavy atom. The van der Waals surface area contributed by atoms with Crippen LogP contribution < -0.4 is 10.5 Å². The van der Waals surface area contributed by atoms with E-state index in [4.69, 9.17) is 22.1 Å². The van der Waals surface area contributed by atoms with Crippen molar-refractivity contribution in [3.8, 4) is 11.7 Å². The Labute approximate surface area is 91.4 Å². The van der Waals surface area contributed by atoms with Gasteiger partial charge in [0.2, 0.25) is 5.88 Å². The highest BCUT2D eigenvalue weighted by atomic mass is 35.5. The number of rotatable bonds is 2. The number of anilines is 1. The smallest absolute Gasteiger partial charge is 0.238 e. The van der Waals surface area contributed by atoms with Gasteiger partial charge in [0.1, 0.15) is 0 Å². The first-order valence-corrected chi connectivity index (χ1v) is 4.59. The molecule has 78 valence electrons. The van der Waals surface area contributed by atoms with Crippen LogP contribution in [0.2, 0.25) is 5.02 Å².